The van der Waals surface area contributed by atoms with Gasteiger partial charge in [-0.2, -0.15) is 0 Å². The Morgan fingerprint density at radius 2 is 1.62 bits per heavy atom. The summed E-state index contributed by atoms with van der Waals surface area (Å²) >= 11 is 0. The zero-order valence-corrected chi connectivity index (χ0v) is 22.2. The van der Waals surface area contributed by atoms with Crippen molar-refractivity contribution < 1.29 is 4.74 Å². The minimum atomic E-state index is -0.00431. The van der Waals surface area contributed by atoms with E-state index in [4.69, 9.17) is 4.74 Å². The molecule has 184 valence electrons. The van der Waals surface area contributed by atoms with Crippen molar-refractivity contribution in [3.63, 3.8) is 0 Å². The summed E-state index contributed by atoms with van der Waals surface area (Å²) in [7, 11) is 2.06. The first-order valence-electron chi connectivity index (χ1n) is 14.6. The Balaban J connectivity index is 1.62. The third-order valence-corrected chi connectivity index (χ3v) is 11.1. The van der Waals surface area contributed by atoms with Crippen LogP contribution in [0.15, 0.2) is 12.2 Å². The maximum Gasteiger partial charge on any atom is 0.0920 e. The first-order chi connectivity index (χ1) is 15.4. The van der Waals surface area contributed by atoms with Gasteiger partial charge in [0.1, 0.15) is 0 Å². The van der Waals surface area contributed by atoms with Gasteiger partial charge in [-0.25, -0.2) is 0 Å². The molecule has 8 atom stereocenters. The number of ether oxygens (including phenoxy) is 1. The summed E-state index contributed by atoms with van der Waals surface area (Å²) in [6.07, 6.45) is 26.7. The number of fused-ring (bicyclic) bond motifs is 4. The van der Waals surface area contributed by atoms with Crippen molar-refractivity contribution in [2.24, 2.45) is 46.8 Å². The molecule has 0 N–H and O–H groups in total. The van der Waals surface area contributed by atoms with Gasteiger partial charge in [0.2, 0.25) is 0 Å². The molecular formula is C31H54O. The highest BCUT2D eigenvalue weighted by atomic mass is 16.5. The maximum atomic E-state index is 6.74. The van der Waals surface area contributed by atoms with Crippen LogP contribution in [0, 0.1) is 46.8 Å². The predicted octanol–water partition coefficient (Wildman–Crippen LogP) is 9.21. The van der Waals surface area contributed by atoms with E-state index in [0.717, 1.165) is 35.5 Å². The minimum absolute atomic E-state index is 0.00431. The highest BCUT2D eigenvalue weighted by Crippen LogP contribution is 2.62. The molecule has 4 aliphatic rings. The molecular weight excluding hydrogens is 388 g/mol. The first kappa shape index (κ1) is 24.8. The van der Waals surface area contributed by atoms with Gasteiger partial charge in [-0.1, -0.05) is 84.8 Å². The third kappa shape index (κ3) is 4.76. The molecule has 4 aliphatic carbocycles. The molecule has 0 aliphatic heterocycles. The Hall–Kier alpha value is -0.300. The second-order valence-electron chi connectivity index (χ2n) is 13.2. The van der Waals surface area contributed by atoms with Crippen molar-refractivity contribution in [1.29, 1.82) is 0 Å². The summed E-state index contributed by atoms with van der Waals surface area (Å²) in [6, 6.07) is 0. The summed E-state index contributed by atoms with van der Waals surface area (Å²) in [4.78, 5) is 0. The number of allylic oxidation sites excluding steroid dienone is 1. The quantitative estimate of drug-likeness (QED) is 0.372. The van der Waals surface area contributed by atoms with Crippen molar-refractivity contribution in [3.05, 3.63) is 12.2 Å². The van der Waals surface area contributed by atoms with Crippen LogP contribution in [0.1, 0.15) is 124 Å². The molecule has 0 radical (unpaired) electrons. The van der Waals surface area contributed by atoms with Crippen LogP contribution < -0.4 is 0 Å². The molecule has 0 aromatic heterocycles. The van der Waals surface area contributed by atoms with Crippen molar-refractivity contribution in [2.75, 3.05) is 7.11 Å². The van der Waals surface area contributed by atoms with E-state index < -0.39 is 0 Å². The van der Waals surface area contributed by atoms with Gasteiger partial charge in [-0.15, -0.1) is 0 Å². The molecule has 1 nitrogen and oxygen atoms in total. The lowest BCUT2D eigenvalue weighted by Gasteiger charge is -2.59. The van der Waals surface area contributed by atoms with Gasteiger partial charge in [-0.3, -0.25) is 0 Å². The highest BCUT2D eigenvalue weighted by molar-refractivity contribution is 5.19. The molecule has 0 aromatic rings. The molecule has 4 rings (SSSR count). The van der Waals surface area contributed by atoms with Crippen LogP contribution >= 0.6 is 0 Å². The molecule has 32 heavy (non-hydrogen) atoms. The van der Waals surface area contributed by atoms with E-state index in [0.29, 0.717) is 11.3 Å². The SMILES string of the molecule is CO[C@@]12/C=C\C3CCCCC3CCC1CC[C@]1(C)[C@@H]([C@H](C)CCCC(C)C)CCCC[C@H]12. The Morgan fingerprint density at radius 1 is 0.875 bits per heavy atom. The highest BCUT2D eigenvalue weighted by Gasteiger charge is 2.58. The molecule has 0 spiro atoms. The van der Waals surface area contributed by atoms with Crippen molar-refractivity contribution in [1.82, 2.24) is 0 Å². The second-order valence-corrected chi connectivity index (χ2v) is 13.2. The maximum absolute atomic E-state index is 6.74. The summed E-state index contributed by atoms with van der Waals surface area (Å²) < 4.78 is 6.74. The van der Waals surface area contributed by atoms with E-state index in [1.807, 2.05) is 0 Å². The zero-order valence-electron chi connectivity index (χ0n) is 22.2. The topological polar surface area (TPSA) is 9.23 Å². The Kier molecular flexibility index (Phi) is 8.17. The number of rotatable bonds is 6. The Bertz CT molecular complexity index is 622. The zero-order chi connectivity index (χ0) is 22.8. The smallest absolute Gasteiger partial charge is 0.0920 e. The first-order valence-corrected chi connectivity index (χ1v) is 14.6. The fourth-order valence-corrected chi connectivity index (χ4v) is 9.25. The fourth-order valence-electron chi connectivity index (χ4n) is 9.25. The van der Waals surface area contributed by atoms with Gasteiger partial charge in [-0.05, 0) is 98.2 Å². The lowest BCUT2D eigenvalue weighted by molar-refractivity contribution is -0.162. The van der Waals surface area contributed by atoms with Crippen LogP contribution in [-0.2, 0) is 4.74 Å². The van der Waals surface area contributed by atoms with Gasteiger partial charge >= 0.3 is 0 Å². The Labute approximate surface area is 200 Å². The fraction of sp³-hybridized carbons (Fsp3) is 0.935. The largest absolute Gasteiger partial charge is 0.374 e. The molecule has 0 heterocycles. The normalized spacial score (nSPS) is 44.4. The van der Waals surface area contributed by atoms with Gasteiger partial charge in [0, 0.05) is 7.11 Å². The van der Waals surface area contributed by atoms with E-state index in [2.05, 4.69) is 47.0 Å². The standard InChI is InChI=1S/C31H54O/c1-23(2)11-10-12-24(3)28-15-8-9-16-29-30(28,4)21-20-27-18-17-25-13-6-7-14-26(25)19-22-31(27,29)32-5/h19,22-29H,6-18,20-21H2,1-5H3/b22-19-/t24-,25?,26?,27?,28-,29-,30-,31+/m1/s1. The van der Waals surface area contributed by atoms with Gasteiger partial charge in [0.15, 0.2) is 0 Å². The molecule has 0 aromatic carbocycles. The number of hydrogen-bond acceptors (Lipinski definition) is 1. The van der Waals surface area contributed by atoms with E-state index in [1.165, 1.54) is 96.3 Å². The van der Waals surface area contributed by atoms with E-state index >= 15 is 0 Å². The molecule has 0 saturated heterocycles. The molecule has 1 heteroatoms. The van der Waals surface area contributed by atoms with Crippen molar-refractivity contribution >= 4 is 0 Å². The van der Waals surface area contributed by atoms with Gasteiger partial charge in [0.25, 0.3) is 0 Å². The molecule has 3 unspecified atom stereocenters. The molecule has 3 fully saturated rings. The summed E-state index contributed by atoms with van der Waals surface area (Å²) in [6.45, 7) is 10.1. The number of methoxy groups -OCH3 is 1. The van der Waals surface area contributed by atoms with E-state index in [9.17, 15) is 0 Å². The molecule has 3 saturated carbocycles. The van der Waals surface area contributed by atoms with E-state index in [1.54, 1.807) is 0 Å². The lowest BCUT2D eigenvalue weighted by atomic mass is 9.49. The predicted molar refractivity (Wildman–Crippen MR) is 138 cm³/mol. The number of hydrogen-bond donors (Lipinski definition) is 0. The van der Waals surface area contributed by atoms with Crippen LogP contribution in [0.3, 0.4) is 0 Å². The monoisotopic (exact) mass is 442 g/mol. The van der Waals surface area contributed by atoms with Crippen molar-refractivity contribution in [3.8, 4) is 0 Å². The van der Waals surface area contributed by atoms with Gasteiger partial charge < -0.3 is 4.74 Å². The van der Waals surface area contributed by atoms with Crippen LogP contribution in [0.4, 0.5) is 0 Å². The van der Waals surface area contributed by atoms with Crippen LogP contribution in [0.2, 0.25) is 0 Å². The molecule has 0 bridgehead atoms. The minimum Gasteiger partial charge on any atom is -0.374 e. The van der Waals surface area contributed by atoms with Crippen LogP contribution in [0.25, 0.3) is 0 Å². The Morgan fingerprint density at radius 3 is 2.41 bits per heavy atom. The average molecular weight is 443 g/mol. The average Bonchev–Trinajstić information content (AvgIpc) is 2.94. The van der Waals surface area contributed by atoms with Crippen LogP contribution in [-0.4, -0.2) is 12.7 Å². The summed E-state index contributed by atoms with van der Waals surface area (Å²) in [5.41, 5.74) is 0.436. The third-order valence-electron chi connectivity index (χ3n) is 11.1. The van der Waals surface area contributed by atoms with Crippen molar-refractivity contribution in [2.45, 2.75) is 130 Å². The summed E-state index contributed by atoms with van der Waals surface area (Å²) in [5, 5.41) is 0. The molecule has 0 amide bonds. The van der Waals surface area contributed by atoms with Gasteiger partial charge in [0.05, 0.1) is 5.60 Å². The second kappa shape index (κ2) is 10.5. The lowest BCUT2D eigenvalue weighted by Crippen LogP contribution is -2.58. The summed E-state index contributed by atoms with van der Waals surface area (Å²) in [5.74, 6) is 5.78. The van der Waals surface area contributed by atoms with E-state index in [-0.39, 0.29) is 5.60 Å². The van der Waals surface area contributed by atoms with Crippen LogP contribution in [0.5, 0.6) is 0 Å².